The van der Waals surface area contributed by atoms with Crippen LogP contribution in [0, 0.1) is 0 Å². The van der Waals surface area contributed by atoms with Crippen molar-refractivity contribution < 1.29 is 14.6 Å². The van der Waals surface area contributed by atoms with Gasteiger partial charge in [-0.2, -0.15) is 5.10 Å². The van der Waals surface area contributed by atoms with Crippen LogP contribution in [-0.2, 0) is 0 Å². The number of hydrogen-bond donors (Lipinski definition) is 2. The molecule has 0 saturated heterocycles. The van der Waals surface area contributed by atoms with E-state index in [1.54, 1.807) is 42.5 Å². The van der Waals surface area contributed by atoms with Gasteiger partial charge < -0.3 is 9.84 Å². The third kappa shape index (κ3) is 4.33. The van der Waals surface area contributed by atoms with Crippen LogP contribution in [0.25, 0.3) is 0 Å². The van der Waals surface area contributed by atoms with E-state index < -0.39 is 0 Å². The monoisotopic (exact) mass is 362 g/mol. The van der Waals surface area contributed by atoms with Crippen molar-refractivity contribution in [3.8, 4) is 11.5 Å². The minimum Gasteiger partial charge on any atom is -0.507 e. The molecule has 22 heavy (non-hydrogen) atoms. The van der Waals surface area contributed by atoms with Gasteiger partial charge in [0.1, 0.15) is 11.5 Å². The van der Waals surface area contributed by atoms with E-state index in [1.165, 1.54) is 6.21 Å². The Morgan fingerprint density at radius 2 is 2.05 bits per heavy atom. The molecular formula is C16H15BrN2O3. The summed E-state index contributed by atoms with van der Waals surface area (Å²) in [7, 11) is 0. The van der Waals surface area contributed by atoms with E-state index >= 15 is 0 Å². The number of nitrogens with one attached hydrogen (secondary N) is 1. The lowest BCUT2D eigenvalue weighted by molar-refractivity contribution is 0.0955. The first-order valence-electron chi connectivity index (χ1n) is 6.65. The summed E-state index contributed by atoms with van der Waals surface area (Å²) in [6.45, 7) is 2.47. The highest BCUT2D eigenvalue weighted by Gasteiger charge is 2.04. The summed E-state index contributed by atoms with van der Waals surface area (Å²) in [5.74, 6) is 0.456. The lowest BCUT2D eigenvalue weighted by Gasteiger charge is -2.04. The summed E-state index contributed by atoms with van der Waals surface area (Å²) in [5, 5.41) is 13.5. The van der Waals surface area contributed by atoms with Gasteiger partial charge in [0, 0.05) is 15.6 Å². The molecule has 0 aromatic heterocycles. The predicted molar refractivity (Wildman–Crippen MR) is 88.5 cm³/mol. The van der Waals surface area contributed by atoms with Crippen LogP contribution in [0.3, 0.4) is 0 Å². The zero-order valence-electron chi connectivity index (χ0n) is 11.9. The molecule has 0 heterocycles. The second-order valence-corrected chi connectivity index (χ2v) is 5.28. The zero-order chi connectivity index (χ0) is 15.9. The molecule has 6 heteroatoms. The van der Waals surface area contributed by atoms with E-state index in [-0.39, 0.29) is 11.7 Å². The summed E-state index contributed by atoms with van der Waals surface area (Å²) >= 11 is 3.30. The van der Waals surface area contributed by atoms with Crippen molar-refractivity contribution in [3.05, 3.63) is 58.1 Å². The van der Waals surface area contributed by atoms with E-state index in [1.807, 2.05) is 6.92 Å². The Bertz CT molecular complexity index is 684. The van der Waals surface area contributed by atoms with Crippen LogP contribution in [0.1, 0.15) is 22.8 Å². The predicted octanol–water partition coefficient (Wildman–Crippen LogP) is 3.32. The fraction of sp³-hybridized carbons (Fsp3) is 0.125. The van der Waals surface area contributed by atoms with Crippen LogP contribution in [0.5, 0.6) is 11.5 Å². The standard InChI is InChI=1S/C16H15BrN2O3/c1-2-22-14-6-3-11(4-7-14)16(21)19-18-10-12-9-13(17)5-8-15(12)20/h3-10,20H,2H2,1H3,(H,19,21)/b18-10-. The van der Waals surface area contributed by atoms with Crippen LogP contribution >= 0.6 is 15.9 Å². The topological polar surface area (TPSA) is 70.9 Å². The number of hydrogen-bond acceptors (Lipinski definition) is 4. The first kappa shape index (κ1) is 16.0. The smallest absolute Gasteiger partial charge is 0.271 e. The third-order valence-electron chi connectivity index (χ3n) is 2.79. The van der Waals surface area contributed by atoms with Crippen LogP contribution in [0.2, 0.25) is 0 Å². The molecule has 0 aliphatic heterocycles. The lowest BCUT2D eigenvalue weighted by Crippen LogP contribution is -2.17. The first-order valence-corrected chi connectivity index (χ1v) is 7.44. The fourth-order valence-electron chi connectivity index (χ4n) is 1.72. The average molecular weight is 363 g/mol. The summed E-state index contributed by atoms with van der Waals surface area (Å²) in [5.41, 5.74) is 3.38. The second-order valence-electron chi connectivity index (χ2n) is 4.36. The molecular weight excluding hydrogens is 348 g/mol. The SMILES string of the molecule is CCOc1ccc(C(=O)N/N=C\c2cc(Br)ccc2O)cc1. The fourth-order valence-corrected chi connectivity index (χ4v) is 2.10. The Balaban J connectivity index is 2.00. The van der Waals surface area contributed by atoms with E-state index in [2.05, 4.69) is 26.5 Å². The van der Waals surface area contributed by atoms with Gasteiger partial charge in [-0.05, 0) is 49.4 Å². The molecule has 0 fully saturated rings. The molecule has 0 unspecified atom stereocenters. The van der Waals surface area contributed by atoms with E-state index in [0.29, 0.717) is 23.5 Å². The van der Waals surface area contributed by atoms with Gasteiger partial charge in [0.25, 0.3) is 5.91 Å². The molecule has 114 valence electrons. The van der Waals surface area contributed by atoms with E-state index in [4.69, 9.17) is 4.74 Å². The molecule has 0 aliphatic rings. The van der Waals surface area contributed by atoms with Gasteiger partial charge in [-0.3, -0.25) is 4.79 Å². The van der Waals surface area contributed by atoms with Crippen LogP contribution in [0.15, 0.2) is 52.0 Å². The maximum Gasteiger partial charge on any atom is 0.271 e. The molecule has 0 radical (unpaired) electrons. The van der Waals surface area contributed by atoms with Crippen molar-refractivity contribution >= 4 is 28.1 Å². The van der Waals surface area contributed by atoms with Crippen molar-refractivity contribution in [1.82, 2.24) is 5.43 Å². The second kappa shape index (κ2) is 7.61. The maximum atomic E-state index is 11.9. The van der Waals surface area contributed by atoms with Crippen molar-refractivity contribution in [2.24, 2.45) is 5.10 Å². The van der Waals surface area contributed by atoms with Gasteiger partial charge in [0.05, 0.1) is 12.8 Å². The highest BCUT2D eigenvalue weighted by Crippen LogP contribution is 2.20. The highest BCUT2D eigenvalue weighted by molar-refractivity contribution is 9.10. The van der Waals surface area contributed by atoms with Crippen LogP contribution in [0.4, 0.5) is 0 Å². The molecule has 2 N–H and O–H groups in total. The number of carbonyl (C=O) groups excluding carboxylic acids is 1. The molecule has 2 rings (SSSR count). The number of ether oxygens (including phenoxy) is 1. The highest BCUT2D eigenvalue weighted by atomic mass is 79.9. The Morgan fingerprint density at radius 1 is 1.32 bits per heavy atom. The molecule has 2 aromatic carbocycles. The van der Waals surface area contributed by atoms with Crippen molar-refractivity contribution in [3.63, 3.8) is 0 Å². The molecule has 0 spiro atoms. The number of phenolic OH excluding ortho intramolecular Hbond substituents is 1. The minimum absolute atomic E-state index is 0.0854. The third-order valence-corrected chi connectivity index (χ3v) is 3.28. The summed E-state index contributed by atoms with van der Waals surface area (Å²) < 4.78 is 6.12. The normalized spacial score (nSPS) is 10.6. The number of nitrogens with zero attached hydrogens (tertiary/aromatic N) is 1. The van der Waals surface area contributed by atoms with Gasteiger partial charge >= 0.3 is 0 Å². The lowest BCUT2D eigenvalue weighted by atomic mass is 10.2. The summed E-state index contributed by atoms with van der Waals surface area (Å²) in [4.78, 5) is 11.9. The van der Waals surface area contributed by atoms with Crippen LogP contribution < -0.4 is 10.2 Å². The molecule has 0 bridgehead atoms. The first-order chi connectivity index (χ1) is 10.6. The molecule has 5 nitrogen and oxygen atoms in total. The molecule has 1 amide bonds. The number of carbonyl (C=O) groups is 1. The zero-order valence-corrected chi connectivity index (χ0v) is 13.5. The van der Waals surface area contributed by atoms with Gasteiger partial charge in [-0.15, -0.1) is 0 Å². The average Bonchev–Trinajstić information content (AvgIpc) is 2.51. The van der Waals surface area contributed by atoms with Gasteiger partial charge in [0.15, 0.2) is 0 Å². The molecule has 2 aromatic rings. The van der Waals surface area contributed by atoms with Crippen molar-refractivity contribution in [2.75, 3.05) is 6.61 Å². The number of aromatic hydroxyl groups is 1. The minimum atomic E-state index is -0.339. The molecule has 0 atom stereocenters. The van der Waals surface area contributed by atoms with Gasteiger partial charge in [-0.1, -0.05) is 15.9 Å². The van der Waals surface area contributed by atoms with Crippen molar-refractivity contribution in [2.45, 2.75) is 6.92 Å². The Morgan fingerprint density at radius 3 is 2.73 bits per heavy atom. The largest absolute Gasteiger partial charge is 0.507 e. The van der Waals surface area contributed by atoms with Crippen LogP contribution in [-0.4, -0.2) is 23.8 Å². The number of rotatable bonds is 5. The summed E-state index contributed by atoms with van der Waals surface area (Å²) in [6.07, 6.45) is 1.38. The number of benzene rings is 2. The molecule has 0 saturated carbocycles. The van der Waals surface area contributed by atoms with Gasteiger partial charge in [0.2, 0.25) is 0 Å². The van der Waals surface area contributed by atoms with Crippen molar-refractivity contribution in [1.29, 1.82) is 0 Å². The Kier molecular flexibility index (Phi) is 5.55. The summed E-state index contributed by atoms with van der Waals surface area (Å²) in [6, 6.07) is 11.7. The molecule has 0 aliphatic carbocycles. The quantitative estimate of drug-likeness (QED) is 0.633. The Hall–Kier alpha value is -2.34. The maximum absolute atomic E-state index is 11.9. The number of amides is 1. The number of phenols is 1. The van der Waals surface area contributed by atoms with E-state index in [0.717, 1.165) is 4.47 Å². The Labute approximate surface area is 136 Å². The van der Waals surface area contributed by atoms with E-state index in [9.17, 15) is 9.90 Å². The number of hydrazone groups is 1. The number of halogens is 1. The van der Waals surface area contributed by atoms with Gasteiger partial charge in [-0.25, -0.2) is 5.43 Å².